The van der Waals surface area contributed by atoms with Gasteiger partial charge in [0.15, 0.2) is 11.8 Å². The van der Waals surface area contributed by atoms with E-state index < -0.39 is 23.3 Å². The molecule has 0 aliphatic rings. The summed E-state index contributed by atoms with van der Waals surface area (Å²) in [6.07, 6.45) is -1.03. The number of rotatable bonds is 9. The Morgan fingerprint density at radius 3 is 2.62 bits per heavy atom. The average Bonchev–Trinajstić information content (AvgIpc) is 2.83. The fraction of sp³-hybridized carbons (Fsp3) is 0.250. The van der Waals surface area contributed by atoms with Crippen molar-refractivity contribution in [3.63, 3.8) is 0 Å². The molecular weight excluding hydrogens is 438 g/mol. The van der Waals surface area contributed by atoms with E-state index in [0.717, 1.165) is 10.1 Å². The molecule has 0 fully saturated rings. The van der Waals surface area contributed by atoms with Gasteiger partial charge in [0, 0.05) is 7.11 Å². The topological polar surface area (TPSA) is 143 Å². The van der Waals surface area contributed by atoms with Crippen LogP contribution in [-0.2, 0) is 22.6 Å². The van der Waals surface area contributed by atoms with Gasteiger partial charge in [0.25, 0.3) is 11.5 Å². The molecule has 1 atom stereocenters. The molecule has 0 aliphatic carbocycles. The number of anilines is 2. The molecule has 0 saturated heterocycles. The van der Waals surface area contributed by atoms with Crippen LogP contribution in [0.15, 0.2) is 64.2 Å². The molecule has 10 heteroatoms. The molecule has 176 valence electrons. The van der Waals surface area contributed by atoms with Gasteiger partial charge >= 0.3 is 5.69 Å². The van der Waals surface area contributed by atoms with Crippen molar-refractivity contribution in [3.8, 4) is 11.8 Å². The second-order valence-electron chi connectivity index (χ2n) is 7.45. The van der Waals surface area contributed by atoms with Crippen molar-refractivity contribution in [3.05, 3.63) is 86.6 Å². The Bertz CT molecular complexity index is 1310. The normalized spacial score (nSPS) is 11.4. The number of amides is 1. The maximum absolute atomic E-state index is 13.5. The van der Waals surface area contributed by atoms with Gasteiger partial charge in [-0.3, -0.25) is 24.0 Å². The SMILES string of the molecule is COCCn1c(N)c(N(Cc2ccccc2)C(=O)C(C)Oc2cccc(C#N)c2)c(=O)[nH]c1=O. The summed E-state index contributed by atoms with van der Waals surface area (Å²) >= 11 is 0. The lowest BCUT2D eigenvalue weighted by molar-refractivity contribution is -0.124. The second-order valence-corrected chi connectivity index (χ2v) is 7.45. The summed E-state index contributed by atoms with van der Waals surface area (Å²) in [4.78, 5) is 42.1. The zero-order chi connectivity index (χ0) is 24.7. The summed E-state index contributed by atoms with van der Waals surface area (Å²) in [5.41, 5.74) is 5.69. The van der Waals surface area contributed by atoms with Gasteiger partial charge in [-0.15, -0.1) is 0 Å². The number of nitrogens with one attached hydrogen (secondary N) is 1. The van der Waals surface area contributed by atoms with Crippen LogP contribution in [0.25, 0.3) is 0 Å². The van der Waals surface area contributed by atoms with Gasteiger partial charge in [0.1, 0.15) is 11.6 Å². The molecule has 0 spiro atoms. The molecule has 1 heterocycles. The molecule has 1 unspecified atom stereocenters. The third kappa shape index (κ3) is 5.51. The molecule has 2 aromatic carbocycles. The number of ether oxygens (including phenoxy) is 2. The predicted octanol–water partition coefficient (Wildman–Crippen LogP) is 1.64. The standard InChI is InChI=1S/C24H25N5O5/c1-16(34-19-10-6-9-18(13-19)14-25)23(31)29(15-17-7-4-3-5-8-17)20-21(26)28(11-12-33-2)24(32)27-22(20)30/h3-10,13,16H,11-12,15,26H2,1-2H3,(H,27,30,32). The first-order valence-corrected chi connectivity index (χ1v) is 10.5. The molecule has 10 nitrogen and oxygen atoms in total. The Balaban J connectivity index is 2.04. The molecule has 34 heavy (non-hydrogen) atoms. The van der Waals surface area contributed by atoms with Gasteiger partial charge < -0.3 is 15.2 Å². The molecular formula is C24H25N5O5. The van der Waals surface area contributed by atoms with Crippen LogP contribution in [-0.4, -0.2) is 35.3 Å². The number of methoxy groups -OCH3 is 1. The highest BCUT2D eigenvalue weighted by molar-refractivity contribution is 5.98. The van der Waals surface area contributed by atoms with E-state index in [0.29, 0.717) is 11.3 Å². The molecule has 3 rings (SSSR count). The van der Waals surface area contributed by atoms with E-state index in [2.05, 4.69) is 4.98 Å². The van der Waals surface area contributed by atoms with Crippen LogP contribution in [0.4, 0.5) is 11.5 Å². The molecule has 0 radical (unpaired) electrons. The van der Waals surface area contributed by atoms with Gasteiger partial charge in [-0.25, -0.2) is 4.79 Å². The number of carbonyl (C=O) groups is 1. The smallest absolute Gasteiger partial charge is 0.330 e. The first-order chi connectivity index (χ1) is 16.3. The minimum Gasteiger partial charge on any atom is -0.481 e. The van der Waals surface area contributed by atoms with E-state index >= 15 is 0 Å². The second kappa shape index (κ2) is 11.0. The largest absolute Gasteiger partial charge is 0.481 e. The Morgan fingerprint density at radius 1 is 1.21 bits per heavy atom. The van der Waals surface area contributed by atoms with E-state index in [4.69, 9.17) is 20.5 Å². The third-order valence-corrected chi connectivity index (χ3v) is 5.08. The van der Waals surface area contributed by atoms with Gasteiger partial charge in [-0.1, -0.05) is 36.4 Å². The number of nitrogens with two attached hydrogens (primary N) is 1. The van der Waals surface area contributed by atoms with Crippen molar-refractivity contribution in [1.29, 1.82) is 5.26 Å². The van der Waals surface area contributed by atoms with Crippen molar-refractivity contribution in [2.45, 2.75) is 26.1 Å². The lowest BCUT2D eigenvalue weighted by Crippen LogP contribution is -2.45. The fourth-order valence-electron chi connectivity index (χ4n) is 3.39. The number of H-pyrrole nitrogens is 1. The summed E-state index contributed by atoms with van der Waals surface area (Å²) in [6, 6.07) is 17.4. The zero-order valence-corrected chi connectivity index (χ0v) is 18.9. The number of aromatic amines is 1. The number of nitriles is 1. The summed E-state index contributed by atoms with van der Waals surface area (Å²) < 4.78 is 11.9. The summed E-state index contributed by atoms with van der Waals surface area (Å²) in [7, 11) is 1.47. The first-order valence-electron chi connectivity index (χ1n) is 10.5. The zero-order valence-electron chi connectivity index (χ0n) is 18.9. The highest BCUT2D eigenvalue weighted by Gasteiger charge is 2.29. The van der Waals surface area contributed by atoms with E-state index in [1.807, 2.05) is 12.1 Å². The van der Waals surface area contributed by atoms with Crippen molar-refractivity contribution in [1.82, 2.24) is 9.55 Å². The lowest BCUT2D eigenvalue weighted by atomic mass is 10.2. The predicted molar refractivity (Wildman–Crippen MR) is 126 cm³/mol. The van der Waals surface area contributed by atoms with E-state index in [1.165, 1.54) is 25.0 Å². The third-order valence-electron chi connectivity index (χ3n) is 5.08. The lowest BCUT2D eigenvalue weighted by Gasteiger charge is -2.27. The molecule has 1 amide bonds. The maximum Gasteiger partial charge on any atom is 0.330 e. The van der Waals surface area contributed by atoms with Crippen molar-refractivity contribution in [2.24, 2.45) is 0 Å². The van der Waals surface area contributed by atoms with Crippen molar-refractivity contribution in [2.75, 3.05) is 24.4 Å². The van der Waals surface area contributed by atoms with Gasteiger partial charge in [0.2, 0.25) is 0 Å². The maximum atomic E-state index is 13.5. The first kappa shape index (κ1) is 24.3. The molecule has 0 bridgehead atoms. The van der Waals surface area contributed by atoms with Gasteiger partial charge in [0.05, 0.1) is 31.3 Å². The molecule has 3 N–H and O–H groups in total. The highest BCUT2D eigenvalue weighted by atomic mass is 16.5. The number of nitrogen functional groups attached to an aromatic ring is 1. The van der Waals surface area contributed by atoms with E-state index in [1.54, 1.807) is 42.5 Å². The Hall–Kier alpha value is -4.36. The molecule has 0 aliphatic heterocycles. The van der Waals surface area contributed by atoms with Gasteiger partial charge in [-0.2, -0.15) is 5.26 Å². The number of hydrogen-bond donors (Lipinski definition) is 2. The van der Waals surface area contributed by atoms with Crippen LogP contribution >= 0.6 is 0 Å². The number of hydrogen-bond acceptors (Lipinski definition) is 7. The Labute approximate surface area is 195 Å². The van der Waals surface area contributed by atoms with E-state index in [9.17, 15) is 14.4 Å². The van der Waals surface area contributed by atoms with Crippen LogP contribution in [0.5, 0.6) is 5.75 Å². The monoisotopic (exact) mass is 463 g/mol. The Kier molecular flexibility index (Phi) is 7.84. The van der Waals surface area contributed by atoms with Crippen LogP contribution in [0.2, 0.25) is 0 Å². The van der Waals surface area contributed by atoms with Crippen molar-refractivity contribution < 1.29 is 14.3 Å². The quantitative estimate of drug-likeness (QED) is 0.491. The minimum absolute atomic E-state index is 0.0152. The molecule has 0 saturated carbocycles. The summed E-state index contributed by atoms with van der Waals surface area (Å²) in [5.74, 6) is -0.388. The van der Waals surface area contributed by atoms with Crippen LogP contribution < -0.4 is 26.6 Å². The van der Waals surface area contributed by atoms with Crippen molar-refractivity contribution >= 4 is 17.4 Å². The highest BCUT2D eigenvalue weighted by Crippen LogP contribution is 2.22. The Morgan fingerprint density at radius 2 is 1.94 bits per heavy atom. The summed E-state index contributed by atoms with van der Waals surface area (Å²) in [6.45, 7) is 1.81. The molecule has 1 aromatic heterocycles. The number of nitrogens with zero attached hydrogens (tertiary/aromatic N) is 3. The van der Waals surface area contributed by atoms with E-state index in [-0.39, 0.29) is 31.2 Å². The fourth-order valence-corrected chi connectivity index (χ4v) is 3.39. The average molecular weight is 463 g/mol. The number of benzene rings is 2. The van der Waals surface area contributed by atoms with Gasteiger partial charge in [-0.05, 0) is 30.7 Å². The van der Waals surface area contributed by atoms with Crippen LogP contribution in [0.1, 0.15) is 18.1 Å². The molecule has 3 aromatic rings. The summed E-state index contributed by atoms with van der Waals surface area (Å²) in [5, 5.41) is 9.11. The van der Waals surface area contributed by atoms with Crippen LogP contribution in [0.3, 0.4) is 0 Å². The van der Waals surface area contributed by atoms with Crippen LogP contribution in [0, 0.1) is 11.3 Å². The minimum atomic E-state index is -1.03. The number of carbonyl (C=O) groups excluding carboxylic acids is 1. The number of aromatic nitrogens is 2.